The first kappa shape index (κ1) is 40.6. The van der Waals surface area contributed by atoms with E-state index in [2.05, 4.69) is 20.5 Å². The van der Waals surface area contributed by atoms with Gasteiger partial charge in [-0.15, -0.1) is 0 Å². The largest absolute Gasteiger partial charge is 0.506 e. The molecule has 0 unspecified atom stereocenters. The summed E-state index contributed by atoms with van der Waals surface area (Å²) in [5.41, 5.74) is 5.78. The van der Waals surface area contributed by atoms with E-state index in [1.54, 1.807) is 17.0 Å². The number of carbonyl (C=O) groups excluding carboxylic acids is 1. The minimum absolute atomic E-state index is 0. The van der Waals surface area contributed by atoms with Gasteiger partial charge >= 0.3 is 6.09 Å². The molecule has 8 rings (SSSR count). The normalized spacial score (nSPS) is 17.8. The van der Waals surface area contributed by atoms with Crippen molar-refractivity contribution < 1.29 is 34.3 Å². The molecule has 0 aliphatic carbocycles. The number of phenols is 1. The number of nitrogens with zero attached hydrogens (tertiary/aromatic N) is 2. The number of carboxylic acid groups (broad SMARTS) is 1. The highest BCUT2D eigenvalue weighted by Crippen LogP contribution is 2.39. The summed E-state index contributed by atoms with van der Waals surface area (Å²) in [5.74, 6) is 0.195. The van der Waals surface area contributed by atoms with Gasteiger partial charge < -0.3 is 35.8 Å². The number of H-pyrrole nitrogens is 1. The van der Waals surface area contributed by atoms with Gasteiger partial charge in [-0.3, -0.25) is 23.9 Å². The number of piperidine rings is 3. The van der Waals surface area contributed by atoms with Crippen molar-refractivity contribution in [3.05, 3.63) is 124 Å². The molecule has 1 aromatic heterocycles. The zero-order valence-corrected chi connectivity index (χ0v) is 30.3. The molecule has 6 N–H and O–H groups in total. The van der Waals surface area contributed by atoms with Gasteiger partial charge in [0.2, 0.25) is 11.5 Å². The van der Waals surface area contributed by atoms with Crippen molar-refractivity contribution in [2.75, 3.05) is 36.4 Å². The number of nitrogens with one attached hydrogen (secondary N) is 3. The number of carbonyl (C=O) groups is 2. The standard InChI is InChI=1S/C42H45N5O6.2FH/c48-37-17-15-33(34-16-18-40(51)45-41(34)37)38(49)25-43-24-28-9-12-31(13-10-28)44-39(50)8-4-5-27-11-14-32(29-6-2-1-3-7-29)35(23-27)47(42(52)53)36-26-46-21-19-30(36)20-22-46;;/h1-3,6-7,9-18,23,30,36,38,43,48-49H,4-5,8,19-22,24-26H2,(H,44,50)(H,45,51)(H,52,53);2*1H/t36-,38+;;/m0../s1. The number of benzene rings is 4. The quantitative estimate of drug-likeness (QED) is 0.0788. The first-order valence-electron chi connectivity index (χ1n) is 18.3. The van der Waals surface area contributed by atoms with Crippen molar-refractivity contribution in [2.45, 2.75) is 50.8 Å². The second-order valence-electron chi connectivity index (χ2n) is 14.1. The molecular weight excluding hydrogens is 708 g/mol. The lowest BCUT2D eigenvalue weighted by molar-refractivity contribution is -0.116. The van der Waals surface area contributed by atoms with Crippen LogP contribution in [0.15, 0.2) is 102 Å². The Hall–Kier alpha value is -5.63. The highest BCUT2D eigenvalue weighted by Gasteiger charge is 2.40. The van der Waals surface area contributed by atoms with E-state index in [-0.39, 0.29) is 39.2 Å². The molecule has 4 heterocycles. The van der Waals surface area contributed by atoms with Crippen molar-refractivity contribution in [1.82, 2.24) is 15.2 Å². The molecule has 0 spiro atoms. The molecule has 0 saturated carbocycles. The second kappa shape index (κ2) is 18.1. The number of aromatic nitrogens is 1. The molecule has 5 aromatic rings. The lowest BCUT2D eigenvalue weighted by atomic mass is 9.82. The number of hydrogen-bond donors (Lipinski definition) is 6. The fourth-order valence-corrected chi connectivity index (χ4v) is 7.84. The van der Waals surface area contributed by atoms with E-state index in [4.69, 9.17) is 0 Å². The van der Waals surface area contributed by atoms with Crippen LogP contribution in [0.25, 0.3) is 22.0 Å². The third-order valence-corrected chi connectivity index (χ3v) is 10.6. The van der Waals surface area contributed by atoms with E-state index in [1.807, 2.05) is 72.8 Å². The van der Waals surface area contributed by atoms with Gasteiger partial charge in [0, 0.05) is 48.8 Å². The van der Waals surface area contributed by atoms with Gasteiger partial charge in [-0.2, -0.15) is 0 Å². The van der Waals surface area contributed by atoms with Gasteiger partial charge in [-0.25, -0.2) is 4.79 Å². The Kier molecular flexibility index (Phi) is 13.4. The number of amides is 2. The number of anilines is 2. The molecule has 3 fully saturated rings. The summed E-state index contributed by atoms with van der Waals surface area (Å²) in [5, 5.41) is 38.3. The number of fused-ring (bicyclic) bond motifs is 4. The van der Waals surface area contributed by atoms with Gasteiger partial charge in [0.05, 0.1) is 23.3 Å². The molecule has 2 atom stereocenters. The van der Waals surface area contributed by atoms with Crippen LogP contribution in [0.2, 0.25) is 0 Å². The zero-order chi connectivity index (χ0) is 36.9. The summed E-state index contributed by atoms with van der Waals surface area (Å²) in [7, 11) is 0. The van der Waals surface area contributed by atoms with E-state index < -0.39 is 12.2 Å². The molecule has 13 heteroatoms. The maximum atomic E-state index is 12.9. The summed E-state index contributed by atoms with van der Waals surface area (Å²) in [6.07, 6.45) is 1.80. The molecule has 11 nitrogen and oxygen atoms in total. The number of aromatic hydroxyl groups is 1. The summed E-state index contributed by atoms with van der Waals surface area (Å²) in [6, 6.07) is 29.5. The number of aryl methyl sites for hydroxylation is 1. The number of pyridine rings is 1. The predicted molar refractivity (Wildman–Crippen MR) is 211 cm³/mol. The van der Waals surface area contributed by atoms with E-state index in [9.17, 15) is 29.7 Å². The topological polar surface area (TPSA) is 158 Å². The molecule has 0 radical (unpaired) electrons. The monoisotopic (exact) mass is 755 g/mol. The van der Waals surface area contributed by atoms with Crippen LogP contribution in [0.1, 0.15) is 48.5 Å². The van der Waals surface area contributed by atoms with Crippen molar-refractivity contribution in [2.24, 2.45) is 5.92 Å². The van der Waals surface area contributed by atoms with Crippen LogP contribution in [0.3, 0.4) is 0 Å². The molecule has 3 saturated heterocycles. The number of phenolic OH excluding ortho intramolecular Hbond substituents is 1. The molecule has 4 aromatic carbocycles. The highest BCUT2D eigenvalue weighted by atomic mass is 19.0. The molecule has 3 aliphatic heterocycles. The fraction of sp³-hybridized carbons (Fsp3) is 0.310. The number of rotatable bonds is 13. The Labute approximate surface area is 317 Å². The third kappa shape index (κ3) is 9.37. The van der Waals surface area contributed by atoms with E-state index in [0.29, 0.717) is 59.6 Å². The Balaban J connectivity index is 0.00000290. The van der Waals surface area contributed by atoms with Crippen LogP contribution < -0.4 is 21.1 Å². The average Bonchev–Trinajstić information content (AvgIpc) is 3.17. The van der Waals surface area contributed by atoms with Crippen LogP contribution in [-0.4, -0.2) is 69.4 Å². The smallest absolute Gasteiger partial charge is 0.412 e. The minimum Gasteiger partial charge on any atom is -0.506 e. The third-order valence-electron chi connectivity index (χ3n) is 10.6. The summed E-state index contributed by atoms with van der Waals surface area (Å²) >= 11 is 0. The Morgan fingerprint density at radius 2 is 1.64 bits per heavy atom. The van der Waals surface area contributed by atoms with Crippen molar-refractivity contribution in [1.29, 1.82) is 0 Å². The molecule has 55 heavy (non-hydrogen) atoms. The highest BCUT2D eigenvalue weighted by molar-refractivity contribution is 5.94. The van der Waals surface area contributed by atoms with Gasteiger partial charge in [-0.05, 0) is 97.3 Å². The van der Waals surface area contributed by atoms with Crippen LogP contribution in [0.4, 0.5) is 25.6 Å². The summed E-state index contributed by atoms with van der Waals surface area (Å²) in [4.78, 5) is 44.1. The maximum Gasteiger partial charge on any atom is 0.412 e. The van der Waals surface area contributed by atoms with Gasteiger partial charge in [0.1, 0.15) is 5.75 Å². The molecule has 2 amide bonds. The fourth-order valence-electron chi connectivity index (χ4n) is 7.84. The number of hydrogen-bond acceptors (Lipinski definition) is 7. The van der Waals surface area contributed by atoms with Crippen molar-refractivity contribution in [3.8, 4) is 16.9 Å². The molecule has 2 bridgehead atoms. The lowest BCUT2D eigenvalue weighted by Gasteiger charge is -2.48. The first-order valence-corrected chi connectivity index (χ1v) is 18.3. The molecule has 290 valence electrons. The lowest BCUT2D eigenvalue weighted by Crippen LogP contribution is -2.59. The zero-order valence-electron chi connectivity index (χ0n) is 30.3. The van der Waals surface area contributed by atoms with E-state index in [1.165, 1.54) is 12.1 Å². The predicted octanol–water partition coefficient (Wildman–Crippen LogP) is 6.57. The summed E-state index contributed by atoms with van der Waals surface area (Å²) in [6.45, 7) is 3.55. The van der Waals surface area contributed by atoms with Gasteiger partial charge in [0.25, 0.3) is 0 Å². The SMILES string of the molecule is F.F.O=C(CCCc1ccc(-c2ccccc2)c(N(C(=O)O)[C@H]2CN3CCC2CC3)c1)Nc1ccc(CNC[C@@H](O)c2ccc(O)c3[nH]c(=O)ccc23)cc1. The van der Waals surface area contributed by atoms with Crippen molar-refractivity contribution >= 4 is 34.3 Å². The second-order valence-corrected chi connectivity index (χ2v) is 14.1. The number of aliphatic hydroxyl groups excluding tert-OH is 1. The van der Waals surface area contributed by atoms with Crippen molar-refractivity contribution in [3.63, 3.8) is 0 Å². The number of aliphatic hydroxyl groups is 1. The summed E-state index contributed by atoms with van der Waals surface area (Å²) < 4.78 is 0. The van der Waals surface area contributed by atoms with Crippen LogP contribution >= 0.6 is 0 Å². The van der Waals surface area contributed by atoms with Crippen LogP contribution in [0.5, 0.6) is 5.75 Å². The minimum atomic E-state index is -0.931. The Morgan fingerprint density at radius 3 is 2.33 bits per heavy atom. The van der Waals surface area contributed by atoms with E-state index >= 15 is 0 Å². The molecule has 3 aliphatic rings. The van der Waals surface area contributed by atoms with Gasteiger partial charge in [0.15, 0.2) is 0 Å². The number of halogens is 2. The van der Waals surface area contributed by atoms with Crippen LogP contribution in [-0.2, 0) is 17.8 Å². The van der Waals surface area contributed by atoms with Gasteiger partial charge in [-0.1, -0.05) is 60.7 Å². The van der Waals surface area contributed by atoms with Crippen LogP contribution in [0, 0.1) is 5.92 Å². The molecular formula is C42H47F2N5O6. The maximum absolute atomic E-state index is 12.9. The Morgan fingerprint density at radius 1 is 0.909 bits per heavy atom. The van der Waals surface area contributed by atoms with E-state index in [0.717, 1.165) is 54.7 Å². The average molecular weight is 756 g/mol. The Bertz CT molecular complexity index is 2140. The first-order chi connectivity index (χ1) is 25.7. The number of aromatic amines is 1.